The molecule has 1 atom stereocenters. The Hall–Kier alpha value is -1.10. The molecule has 0 aliphatic rings. The van der Waals surface area contributed by atoms with Crippen LogP contribution in [0.5, 0.6) is 0 Å². The highest BCUT2D eigenvalue weighted by Crippen LogP contribution is 2.26. The lowest BCUT2D eigenvalue weighted by atomic mass is 10.1. The Labute approximate surface area is 121 Å². The van der Waals surface area contributed by atoms with Gasteiger partial charge in [-0.3, -0.25) is 0 Å². The van der Waals surface area contributed by atoms with E-state index in [-0.39, 0.29) is 5.82 Å². The second kappa shape index (κ2) is 5.90. The fourth-order valence-corrected chi connectivity index (χ4v) is 2.22. The smallest absolute Gasteiger partial charge is 0.408 e. The average molecular weight is 332 g/mol. The van der Waals surface area contributed by atoms with E-state index in [0.29, 0.717) is 10.0 Å². The molecular weight excluding hydrogens is 313 g/mol. The number of alkyl carbamates (subject to hydrolysis) is 1. The highest BCUT2D eigenvalue weighted by molar-refractivity contribution is 9.10. The molecule has 0 fully saturated rings. The van der Waals surface area contributed by atoms with E-state index < -0.39 is 17.7 Å². The molecule has 1 N–H and O–H groups in total. The van der Waals surface area contributed by atoms with Crippen LogP contribution in [0.3, 0.4) is 0 Å². The zero-order chi connectivity index (χ0) is 14.8. The van der Waals surface area contributed by atoms with Crippen molar-refractivity contribution in [1.29, 1.82) is 0 Å². The Bertz CT molecular complexity index is 483. The first-order chi connectivity index (χ1) is 8.60. The monoisotopic (exact) mass is 331 g/mol. The van der Waals surface area contributed by atoms with Gasteiger partial charge in [-0.1, -0.05) is 6.07 Å². The van der Waals surface area contributed by atoms with E-state index in [2.05, 4.69) is 21.2 Å². The Balaban J connectivity index is 2.84. The summed E-state index contributed by atoms with van der Waals surface area (Å²) in [5.74, 6) is -0.367. The number of aryl methyl sites for hydroxylation is 1. The topological polar surface area (TPSA) is 38.3 Å². The first-order valence-corrected chi connectivity index (χ1v) is 6.84. The molecule has 1 aromatic rings. The van der Waals surface area contributed by atoms with Crippen molar-refractivity contribution >= 4 is 22.0 Å². The lowest BCUT2D eigenvalue weighted by Crippen LogP contribution is -2.34. The molecular formula is C14H19BrFNO2. The second-order valence-electron chi connectivity index (χ2n) is 5.52. The van der Waals surface area contributed by atoms with E-state index >= 15 is 0 Å². The fraction of sp³-hybridized carbons (Fsp3) is 0.500. The third kappa shape index (κ3) is 4.82. The molecule has 1 rings (SSSR count). The van der Waals surface area contributed by atoms with E-state index in [4.69, 9.17) is 4.74 Å². The fourth-order valence-electron chi connectivity index (χ4n) is 1.63. The molecule has 3 nitrogen and oxygen atoms in total. The van der Waals surface area contributed by atoms with Crippen molar-refractivity contribution in [2.24, 2.45) is 0 Å². The normalized spacial score (nSPS) is 13.0. The number of amides is 1. The highest BCUT2D eigenvalue weighted by Gasteiger charge is 2.20. The van der Waals surface area contributed by atoms with Crippen LogP contribution >= 0.6 is 15.9 Å². The van der Waals surface area contributed by atoms with Crippen LogP contribution in [0.25, 0.3) is 0 Å². The molecule has 0 heterocycles. The predicted molar refractivity (Wildman–Crippen MR) is 76.6 cm³/mol. The van der Waals surface area contributed by atoms with Crippen LogP contribution in [0.4, 0.5) is 9.18 Å². The zero-order valence-electron chi connectivity index (χ0n) is 11.8. The molecule has 0 saturated carbocycles. The third-order valence-electron chi connectivity index (χ3n) is 2.40. The lowest BCUT2D eigenvalue weighted by Gasteiger charge is -2.22. The molecule has 0 bridgehead atoms. The molecule has 19 heavy (non-hydrogen) atoms. The van der Waals surface area contributed by atoms with Crippen LogP contribution in [0.1, 0.15) is 44.9 Å². The van der Waals surface area contributed by atoms with Gasteiger partial charge in [0.2, 0.25) is 0 Å². The quantitative estimate of drug-likeness (QED) is 0.867. The summed E-state index contributed by atoms with van der Waals surface area (Å²) < 4.78 is 19.5. The van der Waals surface area contributed by atoms with Gasteiger partial charge in [0.1, 0.15) is 11.4 Å². The van der Waals surface area contributed by atoms with Crippen molar-refractivity contribution in [1.82, 2.24) is 5.32 Å². The van der Waals surface area contributed by atoms with Gasteiger partial charge in [0.15, 0.2) is 0 Å². The van der Waals surface area contributed by atoms with Crippen molar-refractivity contribution in [2.45, 2.75) is 46.3 Å². The Morgan fingerprint density at radius 3 is 2.53 bits per heavy atom. The van der Waals surface area contributed by atoms with Gasteiger partial charge in [0, 0.05) is 5.56 Å². The average Bonchev–Trinajstić information content (AvgIpc) is 2.20. The summed E-state index contributed by atoms with van der Waals surface area (Å²) in [4.78, 5) is 11.7. The molecule has 0 radical (unpaired) electrons. The summed E-state index contributed by atoms with van der Waals surface area (Å²) in [5.41, 5.74) is 0.772. The number of halogens is 2. The van der Waals surface area contributed by atoms with Crippen LogP contribution in [-0.4, -0.2) is 11.7 Å². The summed E-state index contributed by atoms with van der Waals surface area (Å²) >= 11 is 3.16. The van der Waals surface area contributed by atoms with Gasteiger partial charge >= 0.3 is 6.09 Å². The molecule has 0 spiro atoms. The Kier molecular flexibility index (Phi) is 4.96. The molecule has 106 valence electrons. The Morgan fingerprint density at radius 1 is 1.42 bits per heavy atom. The molecule has 0 saturated heterocycles. The van der Waals surface area contributed by atoms with Crippen LogP contribution in [-0.2, 0) is 4.74 Å². The zero-order valence-corrected chi connectivity index (χ0v) is 13.4. The van der Waals surface area contributed by atoms with Gasteiger partial charge in [0.05, 0.1) is 10.5 Å². The largest absolute Gasteiger partial charge is 0.444 e. The lowest BCUT2D eigenvalue weighted by molar-refractivity contribution is 0.0507. The van der Waals surface area contributed by atoms with Crippen molar-refractivity contribution in [3.05, 3.63) is 33.5 Å². The van der Waals surface area contributed by atoms with Crippen LogP contribution in [0.15, 0.2) is 16.6 Å². The first kappa shape index (κ1) is 16.0. The summed E-state index contributed by atoms with van der Waals surface area (Å²) in [5, 5.41) is 2.63. The minimum Gasteiger partial charge on any atom is -0.444 e. The van der Waals surface area contributed by atoms with Gasteiger partial charge < -0.3 is 10.1 Å². The number of nitrogens with one attached hydrogen (secondary N) is 1. The maximum atomic E-state index is 14.0. The maximum Gasteiger partial charge on any atom is 0.408 e. The van der Waals surface area contributed by atoms with Crippen molar-refractivity contribution in [3.63, 3.8) is 0 Å². The predicted octanol–water partition coefficient (Wildman–Crippen LogP) is 4.48. The van der Waals surface area contributed by atoms with E-state index in [1.54, 1.807) is 39.8 Å². The maximum absolute atomic E-state index is 14.0. The molecule has 5 heteroatoms. The third-order valence-corrected chi connectivity index (χ3v) is 2.98. The van der Waals surface area contributed by atoms with E-state index in [9.17, 15) is 9.18 Å². The minimum atomic E-state index is -0.574. The van der Waals surface area contributed by atoms with Gasteiger partial charge in [-0.15, -0.1) is 0 Å². The first-order valence-electron chi connectivity index (χ1n) is 6.05. The van der Waals surface area contributed by atoms with Gasteiger partial charge in [-0.05, 0) is 62.2 Å². The van der Waals surface area contributed by atoms with E-state index in [1.807, 2.05) is 6.92 Å². The molecule has 1 amide bonds. The van der Waals surface area contributed by atoms with E-state index in [1.165, 1.54) is 0 Å². The molecule has 0 aliphatic heterocycles. The molecule has 1 aromatic carbocycles. The van der Waals surface area contributed by atoms with Gasteiger partial charge in [-0.2, -0.15) is 0 Å². The standard InChI is InChI=1S/C14H19BrFNO2/c1-8-6-10(12(16)11(15)7-8)9(2)17-13(18)19-14(3,4)5/h6-7,9H,1-5H3,(H,17,18)/t9-/m1/s1. The van der Waals surface area contributed by atoms with Crippen molar-refractivity contribution < 1.29 is 13.9 Å². The van der Waals surface area contributed by atoms with Gasteiger partial charge in [-0.25, -0.2) is 9.18 Å². The number of hydrogen-bond acceptors (Lipinski definition) is 2. The number of ether oxygens (including phenoxy) is 1. The van der Waals surface area contributed by atoms with Crippen molar-refractivity contribution in [2.75, 3.05) is 0 Å². The SMILES string of the molecule is Cc1cc(Br)c(F)c([C@@H](C)NC(=O)OC(C)(C)C)c1. The van der Waals surface area contributed by atoms with Crippen LogP contribution in [0.2, 0.25) is 0 Å². The summed E-state index contributed by atoms with van der Waals surface area (Å²) in [7, 11) is 0. The second-order valence-corrected chi connectivity index (χ2v) is 6.37. The number of benzene rings is 1. The number of rotatable bonds is 2. The molecule has 0 aliphatic carbocycles. The van der Waals surface area contributed by atoms with Crippen molar-refractivity contribution in [3.8, 4) is 0 Å². The highest BCUT2D eigenvalue weighted by atomic mass is 79.9. The van der Waals surface area contributed by atoms with E-state index in [0.717, 1.165) is 5.56 Å². The number of hydrogen-bond donors (Lipinski definition) is 1. The summed E-state index contributed by atoms with van der Waals surface area (Å²) in [6.45, 7) is 8.92. The minimum absolute atomic E-state index is 0.367. The molecule has 0 unspecified atom stereocenters. The summed E-state index contributed by atoms with van der Waals surface area (Å²) in [6.07, 6.45) is -0.558. The summed E-state index contributed by atoms with van der Waals surface area (Å²) in [6, 6.07) is 2.94. The van der Waals surface area contributed by atoms with Crippen LogP contribution < -0.4 is 5.32 Å². The number of carbonyl (C=O) groups excluding carboxylic acids is 1. The Morgan fingerprint density at radius 2 is 2.00 bits per heavy atom. The molecule has 0 aromatic heterocycles. The number of carbonyl (C=O) groups is 1. The van der Waals surface area contributed by atoms with Crippen LogP contribution in [0, 0.1) is 12.7 Å². The van der Waals surface area contributed by atoms with Gasteiger partial charge in [0.25, 0.3) is 0 Å².